The van der Waals surface area contributed by atoms with Crippen LogP contribution in [0.15, 0.2) is 12.3 Å². The smallest absolute Gasteiger partial charge is 0.336 e. The Bertz CT molecular complexity index is 548. The Labute approximate surface area is 140 Å². The fraction of sp³-hybridized carbons (Fsp3) is 0.750. The van der Waals surface area contributed by atoms with Crippen molar-refractivity contribution in [3.8, 4) is 0 Å². The topological polar surface area (TPSA) is 50.2 Å². The van der Waals surface area contributed by atoms with Crippen LogP contribution >= 0.6 is 0 Å². The lowest BCUT2D eigenvalue weighted by atomic mass is 10.0. The summed E-state index contributed by atoms with van der Waals surface area (Å²) < 4.78 is 39.2. The van der Waals surface area contributed by atoms with Crippen LogP contribution in [0, 0.1) is 5.92 Å². The summed E-state index contributed by atoms with van der Waals surface area (Å²) in [5.41, 5.74) is -0.870. The summed E-state index contributed by atoms with van der Waals surface area (Å²) in [6.07, 6.45) is -0.933. The van der Waals surface area contributed by atoms with Crippen molar-refractivity contribution in [1.82, 2.24) is 20.0 Å². The van der Waals surface area contributed by atoms with Crippen LogP contribution in [0.4, 0.5) is 18.0 Å². The van der Waals surface area contributed by atoms with E-state index >= 15 is 0 Å². The molecule has 24 heavy (non-hydrogen) atoms. The van der Waals surface area contributed by atoms with Crippen molar-refractivity contribution in [2.45, 2.75) is 58.3 Å². The molecule has 1 aromatic rings. The van der Waals surface area contributed by atoms with Crippen LogP contribution in [0.5, 0.6) is 0 Å². The van der Waals surface area contributed by atoms with Gasteiger partial charge in [0, 0.05) is 25.3 Å². The van der Waals surface area contributed by atoms with Crippen LogP contribution in [0.3, 0.4) is 0 Å². The second kappa shape index (κ2) is 7.44. The fourth-order valence-corrected chi connectivity index (χ4v) is 3.09. The van der Waals surface area contributed by atoms with Crippen molar-refractivity contribution < 1.29 is 18.0 Å². The third-order valence-corrected chi connectivity index (χ3v) is 4.22. The molecule has 1 saturated heterocycles. The fourth-order valence-electron chi connectivity index (χ4n) is 3.09. The van der Waals surface area contributed by atoms with Gasteiger partial charge in [-0.1, -0.05) is 13.8 Å². The zero-order valence-corrected chi connectivity index (χ0v) is 14.3. The SMILES string of the molecule is CC(C)C[C@@H](C)NC(=O)N1CCC(n2ccc(C(F)(F)F)n2)CC1. The van der Waals surface area contributed by atoms with Gasteiger partial charge < -0.3 is 10.2 Å². The summed E-state index contributed by atoms with van der Waals surface area (Å²) in [5, 5.41) is 6.60. The van der Waals surface area contributed by atoms with Crippen molar-refractivity contribution in [2.24, 2.45) is 5.92 Å². The molecule has 0 radical (unpaired) electrons. The number of likely N-dealkylation sites (tertiary alicyclic amines) is 1. The Kier molecular flexibility index (Phi) is 5.77. The molecule has 0 unspecified atom stereocenters. The van der Waals surface area contributed by atoms with Crippen LogP contribution in [-0.4, -0.2) is 39.8 Å². The lowest BCUT2D eigenvalue weighted by molar-refractivity contribution is -0.141. The number of carbonyl (C=O) groups is 1. The number of piperidine rings is 1. The van der Waals surface area contributed by atoms with Crippen molar-refractivity contribution in [3.05, 3.63) is 18.0 Å². The van der Waals surface area contributed by atoms with Gasteiger partial charge in [0.25, 0.3) is 0 Å². The molecule has 8 heteroatoms. The van der Waals surface area contributed by atoms with E-state index in [1.165, 1.54) is 10.9 Å². The molecular weight excluding hydrogens is 321 g/mol. The number of aromatic nitrogens is 2. The summed E-state index contributed by atoms with van der Waals surface area (Å²) in [4.78, 5) is 13.9. The van der Waals surface area contributed by atoms with E-state index in [1.54, 1.807) is 4.90 Å². The van der Waals surface area contributed by atoms with E-state index in [9.17, 15) is 18.0 Å². The van der Waals surface area contributed by atoms with Gasteiger partial charge in [0.05, 0.1) is 6.04 Å². The minimum absolute atomic E-state index is 0.0989. The van der Waals surface area contributed by atoms with Gasteiger partial charge in [-0.15, -0.1) is 0 Å². The molecule has 1 atom stereocenters. The highest BCUT2D eigenvalue weighted by Gasteiger charge is 2.34. The van der Waals surface area contributed by atoms with Crippen molar-refractivity contribution >= 4 is 6.03 Å². The molecule has 1 aliphatic rings. The zero-order chi connectivity index (χ0) is 17.9. The Morgan fingerprint density at radius 2 is 1.96 bits per heavy atom. The maximum absolute atomic E-state index is 12.6. The number of rotatable bonds is 4. The standard InChI is InChI=1S/C16H25F3N4O/c1-11(2)10-12(3)20-15(24)22-7-4-13(5-8-22)23-9-6-14(21-23)16(17,18)19/h6,9,11-13H,4-5,7-8,10H2,1-3H3,(H,20,24)/t12-/m1/s1. The second-order valence-electron chi connectivity index (χ2n) is 6.88. The number of hydrogen-bond donors (Lipinski definition) is 1. The first-order valence-corrected chi connectivity index (χ1v) is 8.34. The number of halogens is 3. The molecule has 1 aliphatic heterocycles. The molecule has 2 rings (SSSR count). The van der Waals surface area contributed by atoms with Gasteiger partial charge >= 0.3 is 12.2 Å². The molecule has 0 bridgehead atoms. The first kappa shape index (κ1) is 18.6. The van der Waals surface area contributed by atoms with E-state index in [4.69, 9.17) is 0 Å². The largest absolute Gasteiger partial charge is 0.435 e. The number of alkyl halides is 3. The highest BCUT2D eigenvalue weighted by molar-refractivity contribution is 5.74. The highest BCUT2D eigenvalue weighted by Crippen LogP contribution is 2.29. The third-order valence-electron chi connectivity index (χ3n) is 4.22. The summed E-state index contributed by atoms with van der Waals surface area (Å²) in [5.74, 6) is 0.508. The Balaban J connectivity index is 1.85. The zero-order valence-electron chi connectivity index (χ0n) is 14.3. The van der Waals surface area contributed by atoms with E-state index < -0.39 is 11.9 Å². The molecular formula is C16H25F3N4O. The van der Waals surface area contributed by atoms with Crippen LogP contribution < -0.4 is 5.32 Å². The first-order valence-electron chi connectivity index (χ1n) is 8.34. The summed E-state index contributed by atoms with van der Waals surface area (Å²) in [7, 11) is 0. The number of nitrogens with one attached hydrogen (secondary N) is 1. The third kappa shape index (κ3) is 4.88. The number of nitrogens with zero attached hydrogens (tertiary/aromatic N) is 3. The monoisotopic (exact) mass is 346 g/mol. The number of hydrogen-bond acceptors (Lipinski definition) is 2. The minimum Gasteiger partial charge on any atom is -0.336 e. The normalized spacial score (nSPS) is 18.0. The molecule has 0 saturated carbocycles. The van der Waals surface area contributed by atoms with Crippen molar-refractivity contribution in [3.63, 3.8) is 0 Å². The number of carbonyl (C=O) groups excluding carboxylic acids is 1. The lowest BCUT2D eigenvalue weighted by Crippen LogP contribution is -2.47. The lowest BCUT2D eigenvalue weighted by Gasteiger charge is -2.33. The summed E-state index contributed by atoms with van der Waals surface area (Å²) in [6, 6.07) is 0.902. The predicted molar refractivity (Wildman–Crippen MR) is 84.5 cm³/mol. The predicted octanol–water partition coefficient (Wildman–Crippen LogP) is 3.68. The number of urea groups is 1. The van der Waals surface area contributed by atoms with E-state index in [2.05, 4.69) is 24.3 Å². The van der Waals surface area contributed by atoms with E-state index in [0.717, 1.165) is 12.5 Å². The van der Waals surface area contributed by atoms with Gasteiger partial charge in [0.15, 0.2) is 5.69 Å². The second-order valence-corrected chi connectivity index (χ2v) is 6.88. The van der Waals surface area contributed by atoms with Gasteiger partial charge in [0.2, 0.25) is 0 Å². The quantitative estimate of drug-likeness (QED) is 0.904. The maximum Gasteiger partial charge on any atom is 0.435 e. The van der Waals surface area contributed by atoms with E-state index in [-0.39, 0.29) is 18.1 Å². The molecule has 0 aromatic carbocycles. The molecule has 1 fully saturated rings. The molecule has 1 N–H and O–H groups in total. The Morgan fingerprint density at radius 1 is 1.33 bits per heavy atom. The van der Waals surface area contributed by atoms with Gasteiger partial charge in [-0.05, 0) is 38.2 Å². The molecule has 0 spiro atoms. The average Bonchev–Trinajstić information content (AvgIpc) is 2.96. The molecule has 136 valence electrons. The Hall–Kier alpha value is -1.73. The number of amides is 2. The van der Waals surface area contributed by atoms with Crippen LogP contribution in [0.1, 0.15) is 51.8 Å². The molecule has 2 heterocycles. The van der Waals surface area contributed by atoms with Crippen molar-refractivity contribution in [2.75, 3.05) is 13.1 Å². The minimum atomic E-state index is -4.42. The van der Waals surface area contributed by atoms with Crippen molar-refractivity contribution in [1.29, 1.82) is 0 Å². The summed E-state index contributed by atoms with van der Waals surface area (Å²) in [6.45, 7) is 7.23. The summed E-state index contributed by atoms with van der Waals surface area (Å²) >= 11 is 0. The Morgan fingerprint density at radius 3 is 2.46 bits per heavy atom. The van der Waals surface area contributed by atoms with E-state index in [1.807, 2.05) is 6.92 Å². The molecule has 1 aromatic heterocycles. The highest BCUT2D eigenvalue weighted by atomic mass is 19.4. The van der Waals surface area contributed by atoms with Gasteiger partial charge in [-0.2, -0.15) is 18.3 Å². The first-order chi connectivity index (χ1) is 11.2. The van der Waals surface area contributed by atoms with Gasteiger partial charge in [-0.25, -0.2) is 4.79 Å². The average molecular weight is 346 g/mol. The van der Waals surface area contributed by atoms with Gasteiger partial charge in [-0.3, -0.25) is 4.68 Å². The van der Waals surface area contributed by atoms with Crippen LogP contribution in [-0.2, 0) is 6.18 Å². The maximum atomic E-state index is 12.6. The molecule has 5 nitrogen and oxygen atoms in total. The van der Waals surface area contributed by atoms with Crippen LogP contribution in [0.2, 0.25) is 0 Å². The van der Waals surface area contributed by atoms with E-state index in [0.29, 0.717) is 31.8 Å². The molecule has 2 amide bonds. The molecule has 0 aliphatic carbocycles. The van der Waals surface area contributed by atoms with Gasteiger partial charge in [0.1, 0.15) is 0 Å². The van der Waals surface area contributed by atoms with Crippen LogP contribution in [0.25, 0.3) is 0 Å².